The summed E-state index contributed by atoms with van der Waals surface area (Å²) in [7, 11) is 0. The third kappa shape index (κ3) is 3.46. The van der Waals surface area contributed by atoms with Gasteiger partial charge in [-0.3, -0.25) is 10.1 Å². The van der Waals surface area contributed by atoms with Gasteiger partial charge in [0, 0.05) is 23.1 Å². The van der Waals surface area contributed by atoms with E-state index in [2.05, 4.69) is 20.6 Å². The molecule has 0 bridgehead atoms. The molecule has 7 nitrogen and oxygen atoms in total. The molecule has 4 aromatic rings. The highest BCUT2D eigenvalue weighted by molar-refractivity contribution is 7.14. The summed E-state index contributed by atoms with van der Waals surface area (Å²) in [6, 6.07) is 13.1. The lowest BCUT2D eigenvalue weighted by atomic mass is 10.1. The van der Waals surface area contributed by atoms with Crippen molar-refractivity contribution >= 4 is 33.4 Å². The molecule has 2 heterocycles. The van der Waals surface area contributed by atoms with E-state index in [1.807, 2.05) is 49.6 Å². The standard InChI is InChI=1S/C20H19N5O2S/c1-3-25-17-10-9-13(11-15(17)23-24-25)19(26)22-20-21-16(12-28-20)14-7-5-6-8-18(14)27-4-2/h5-12H,3-4H2,1-2H3,(H,21,22,26). The Hall–Kier alpha value is -3.26. The van der Waals surface area contributed by atoms with Gasteiger partial charge in [-0.25, -0.2) is 9.67 Å². The molecular formula is C20H19N5O2S. The average molecular weight is 393 g/mol. The Kier molecular flexibility index (Phi) is 5.03. The highest BCUT2D eigenvalue weighted by Crippen LogP contribution is 2.32. The highest BCUT2D eigenvalue weighted by Gasteiger charge is 2.14. The summed E-state index contributed by atoms with van der Waals surface area (Å²) in [5, 5.41) is 13.5. The fourth-order valence-corrected chi connectivity index (χ4v) is 3.64. The highest BCUT2D eigenvalue weighted by atomic mass is 32.1. The Labute approximate surface area is 166 Å². The van der Waals surface area contributed by atoms with Crippen LogP contribution >= 0.6 is 11.3 Å². The van der Waals surface area contributed by atoms with Gasteiger partial charge in [-0.05, 0) is 44.2 Å². The molecule has 0 aliphatic rings. The van der Waals surface area contributed by atoms with Gasteiger partial charge in [-0.2, -0.15) is 0 Å². The predicted octanol–water partition coefficient (Wildman–Crippen LogP) is 4.23. The maximum absolute atomic E-state index is 12.6. The molecule has 2 aromatic heterocycles. The number of hydrogen-bond donors (Lipinski definition) is 1. The van der Waals surface area contributed by atoms with Crippen molar-refractivity contribution in [2.24, 2.45) is 0 Å². The maximum Gasteiger partial charge on any atom is 0.257 e. The number of hydrogen-bond acceptors (Lipinski definition) is 6. The number of nitrogens with one attached hydrogen (secondary N) is 1. The molecule has 0 spiro atoms. The van der Waals surface area contributed by atoms with Crippen LogP contribution in [0.3, 0.4) is 0 Å². The first-order valence-corrected chi connectivity index (χ1v) is 9.90. The Bertz CT molecular complexity index is 1130. The third-order valence-corrected chi connectivity index (χ3v) is 5.02. The first-order chi connectivity index (χ1) is 13.7. The molecule has 0 saturated heterocycles. The van der Waals surface area contributed by atoms with Gasteiger partial charge < -0.3 is 4.74 Å². The van der Waals surface area contributed by atoms with Crippen LogP contribution in [0.1, 0.15) is 24.2 Å². The molecule has 0 saturated carbocycles. The van der Waals surface area contributed by atoms with Crippen molar-refractivity contribution in [2.75, 3.05) is 11.9 Å². The number of amides is 1. The summed E-state index contributed by atoms with van der Waals surface area (Å²) in [6.45, 7) is 5.25. The minimum absolute atomic E-state index is 0.230. The number of thiazole rings is 1. The Morgan fingerprint density at radius 1 is 1.21 bits per heavy atom. The van der Waals surface area contributed by atoms with E-state index in [0.29, 0.717) is 22.8 Å². The number of benzene rings is 2. The van der Waals surface area contributed by atoms with Crippen molar-refractivity contribution in [2.45, 2.75) is 20.4 Å². The van der Waals surface area contributed by atoms with Crippen LogP contribution in [-0.4, -0.2) is 32.5 Å². The Morgan fingerprint density at radius 2 is 2.07 bits per heavy atom. The zero-order valence-electron chi connectivity index (χ0n) is 15.5. The van der Waals surface area contributed by atoms with E-state index < -0.39 is 0 Å². The van der Waals surface area contributed by atoms with E-state index in [1.54, 1.807) is 16.8 Å². The van der Waals surface area contributed by atoms with Gasteiger partial charge in [0.1, 0.15) is 11.3 Å². The number of carbonyl (C=O) groups excluding carboxylic acids is 1. The predicted molar refractivity (Wildman–Crippen MR) is 110 cm³/mol. The van der Waals surface area contributed by atoms with Crippen LogP contribution in [0.5, 0.6) is 5.75 Å². The summed E-state index contributed by atoms with van der Waals surface area (Å²) < 4.78 is 7.46. The van der Waals surface area contributed by atoms with Crippen LogP contribution in [0.4, 0.5) is 5.13 Å². The molecule has 0 fully saturated rings. The number of nitrogens with zero attached hydrogens (tertiary/aromatic N) is 4. The molecule has 28 heavy (non-hydrogen) atoms. The number of fused-ring (bicyclic) bond motifs is 1. The van der Waals surface area contributed by atoms with Gasteiger partial charge in [0.15, 0.2) is 5.13 Å². The van der Waals surface area contributed by atoms with Gasteiger partial charge in [0.2, 0.25) is 0 Å². The smallest absolute Gasteiger partial charge is 0.257 e. The van der Waals surface area contributed by atoms with Crippen LogP contribution in [0.2, 0.25) is 0 Å². The SMILES string of the molecule is CCOc1ccccc1-c1csc(NC(=O)c2ccc3c(c2)nnn3CC)n1. The number of ether oxygens (including phenoxy) is 1. The van der Waals surface area contributed by atoms with Crippen LogP contribution in [-0.2, 0) is 6.54 Å². The maximum atomic E-state index is 12.6. The third-order valence-electron chi connectivity index (χ3n) is 4.26. The van der Waals surface area contributed by atoms with Gasteiger partial charge in [0.05, 0.1) is 17.8 Å². The van der Waals surface area contributed by atoms with Crippen molar-refractivity contribution in [3.8, 4) is 17.0 Å². The second kappa shape index (κ2) is 7.77. The lowest BCUT2D eigenvalue weighted by Gasteiger charge is -2.07. The molecule has 8 heteroatoms. The lowest BCUT2D eigenvalue weighted by Crippen LogP contribution is -2.11. The molecule has 0 unspecified atom stereocenters. The molecule has 1 N–H and O–H groups in total. The topological polar surface area (TPSA) is 81.9 Å². The van der Waals surface area contributed by atoms with Crippen molar-refractivity contribution < 1.29 is 9.53 Å². The zero-order chi connectivity index (χ0) is 19.5. The molecule has 4 rings (SSSR count). The van der Waals surface area contributed by atoms with Crippen LogP contribution in [0, 0.1) is 0 Å². The van der Waals surface area contributed by atoms with E-state index >= 15 is 0 Å². The fourth-order valence-electron chi connectivity index (χ4n) is 2.93. The largest absolute Gasteiger partial charge is 0.493 e. The number of rotatable bonds is 6. The summed E-state index contributed by atoms with van der Waals surface area (Å²) in [5.41, 5.74) is 3.79. The Balaban J connectivity index is 1.55. The number of aromatic nitrogens is 4. The summed E-state index contributed by atoms with van der Waals surface area (Å²) in [5.74, 6) is 0.546. The minimum Gasteiger partial charge on any atom is -0.493 e. The van der Waals surface area contributed by atoms with Crippen molar-refractivity contribution in [3.05, 3.63) is 53.4 Å². The fraction of sp³-hybridized carbons (Fsp3) is 0.200. The van der Waals surface area contributed by atoms with Crippen LogP contribution < -0.4 is 10.1 Å². The van der Waals surface area contributed by atoms with Crippen LogP contribution in [0.25, 0.3) is 22.3 Å². The van der Waals surface area contributed by atoms with Gasteiger partial charge in [-0.15, -0.1) is 16.4 Å². The number of carbonyl (C=O) groups is 1. The monoisotopic (exact) mass is 393 g/mol. The molecule has 0 aliphatic heterocycles. The van der Waals surface area contributed by atoms with E-state index in [-0.39, 0.29) is 5.91 Å². The minimum atomic E-state index is -0.230. The summed E-state index contributed by atoms with van der Waals surface area (Å²) in [6.07, 6.45) is 0. The van der Waals surface area contributed by atoms with Crippen molar-refractivity contribution in [1.29, 1.82) is 0 Å². The van der Waals surface area contributed by atoms with Crippen LogP contribution in [0.15, 0.2) is 47.8 Å². The van der Waals surface area contributed by atoms with Gasteiger partial charge >= 0.3 is 0 Å². The van der Waals surface area contributed by atoms with E-state index in [4.69, 9.17) is 4.74 Å². The summed E-state index contributed by atoms with van der Waals surface area (Å²) in [4.78, 5) is 17.2. The molecule has 0 atom stereocenters. The average Bonchev–Trinajstić information content (AvgIpc) is 3.34. The lowest BCUT2D eigenvalue weighted by molar-refractivity contribution is 0.102. The molecule has 0 aliphatic carbocycles. The zero-order valence-corrected chi connectivity index (χ0v) is 16.4. The van der Waals surface area contributed by atoms with Crippen molar-refractivity contribution in [3.63, 3.8) is 0 Å². The summed E-state index contributed by atoms with van der Waals surface area (Å²) >= 11 is 1.37. The number of para-hydroxylation sites is 1. The molecule has 1 amide bonds. The molecule has 142 valence electrons. The second-order valence-corrected chi connectivity index (χ2v) is 6.89. The van der Waals surface area contributed by atoms with Gasteiger partial charge in [-0.1, -0.05) is 17.3 Å². The van der Waals surface area contributed by atoms with Crippen molar-refractivity contribution in [1.82, 2.24) is 20.0 Å². The molecule has 2 aromatic carbocycles. The first-order valence-electron chi connectivity index (χ1n) is 9.02. The van der Waals surface area contributed by atoms with E-state index in [0.717, 1.165) is 29.1 Å². The first kappa shape index (κ1) is 18.1. The Morgan fingerprint density at radius 3 is 2.89 bits per heavy atom. The molecular weight excluding hydrogens is 374 g/mol. The molecule has 0 radical (unpaired) electrons. The number of aryl methyl sites for hydroxylation is 1. The quantitative estimate of drug-likeness (QED) is 0.530. The van der Waals surface area contributed by atoms with E-state index in [9.17, 15) is 4.79 Å². The number of anilines is 1. The van der Waals surface area contributed by atoms with E-state index in [1.165, 1.54) is 11.3 Å². The van der Waals surface area contributed by atoms with Gasteiger partial charge in [0.25, 0.3) is 5.91 Å². The second-order valence-electron chi connectivity index (χ2n) is 6.03. The normalized spacial score (nSPS) is 10.9.